The van der Waals surface area contributed by atoms with E-state index < -0.39 is 5.92 Å². The normalized spacial score (nSPS) is 21.9. The van der Waals surface area contributed by atoms with Gasteiger partial charge in [0.25, 0.3) is 0 Å². The fourth-order valence-corrected chi connectivity index (χ4v) is 2.30. The van der Waals surface area contributed by atoms with Crippen LogP contribution in [0, 0.1) is 35.0 Å². The Morgan fingerprint density at radius 1 is 1.25 bits per heavy atom. The number of nitriles is 1. The number of nitrogens with one attached hydrogen (secondary N) is 1. The van der Waals surface area contributed by atoms with Crippen LogP contribution in [0.4, 0.5) is 0 Å². The molecule has 0 spiro atoms. The van der Waals surface area contributed by atoms with E-state index in [0.717, 1.165) is 0 Å². The summed E-state index contributed by atoms with van der Waals surface area (Å²) in [6, 6.07) is 2.48. The average Bonchev–Trinajstić information content (AvgIpc) is 3.07. The zero-order valence-corrected chi connectivity index (χ0v) is 10.1. The van der Waals surface area contributed by atoms with Crippen LogP contribution in [0.1, 0.15) is 39.5 Å². The van der Waals surface area contributed by atoms with Gasteiger partial charge in [-0.25, -0.2) is 0 Å². The van der Waals surface area contributed by atoms with Crippen LogP contribution < -0.4 is 5.32 Å². The molecule has 16 heavy (non-hydrogen) atoms. The lowest BCUT2D eigenvalue weighted by atomic mass is 9.95. The van der Waals surface area contributed by atoms with E-state index in [1.165, 1.54) is 25.7 Å². The molecule has 0 aromatic rings. The summed E-state index contributed by atoms with van der Waals surface area (Å²) in [5.41, 5.74) is 0. The minimum atomic E-state index is -0.486. The molecule has 0 bridgehead atoms. The maximum atomic E-state index is 12.0. The molecule has 1 unspecified atom stereocenters. The van der Waals surface area contributed by atoms with Gasteiger partial charge in [0.2, 0.25) is 5.91 Å². The molecule has 0 saturated heterocycles. The van der Waals surface area contributed by atoms with Crippen LogP contribution in [0.3, 0.4) is 0 Å². The first-order valence-electron chi connectivity index (χ1n) is 6.33. The van der Waals surface area contributed by atoms with Gasteiger partial charge >= 0.3 is 0 Å². The molecule has 0 aromatic carbocycles. The Bertz CT molecular complexity index is 298. The number of carbonyl (C=O) groups excluding carboxylic acids is 1. The molecule has 88 valence electrons. The summed E-state index contributed by atoms with van der Waals surface area (Å²) in [6.45, 7) is 3.85. The first-order chi connectivity index (χ1) is 7.63. The topological polar surface area (TPSA) is 52.9 Å². The van der Waals surface area contributed by atoms with E-state index in [4.69, 9.17) is 5.26 Å². The second-order valence-corrected chi connectivity index (χ2v) is 5.56. The lowest BCUT2D eigenvalue weighted by molar-refractivity contribution is -0.125. The molecule has 1 atom stereocenters. The minimum Gasteiger partial charge on any atom is -0.352 e. The van der Waals surface area contributed by atoms with Gasteiger partial charge in [0.1, 0.15) is 5.92 Å². The van der Waals surface area contributed by atoms with Crippen LogP contribution in [0.15, 0.2) is 0 Å². The fraction of sp³-hybridized carbons (Fsp3) is 0.846. The summed E-state index contributed by atoms with van der Waals surface area (Å²) in [6.07, 6.45) is 5.00. The summed E-state index contributed by atoms with van der Waals surface area (Å²) >= 11 is 0. The molecule has 1 amide bonds. The molecule has 2 aliphatic carbocycles. The number of rotatable bonds is 5. The van der Waals surface area contributed by atoms with Crippen molar-refractivity contribution in [2.45, 2.75) is 45.6 Å². The second-order valence-electron chi connectivity index (χ2n) is 5.56. The Kier molecular flexibility index (Phi) is 3.18. The molecular weight excluding hydrogens is 200 g/mol. The van der Waals surface area contributed by atoms with E-state index >= 15 is 0 Å². The van der Waals surface area contributed by atoms with Crippen molar-refractivity contribution in [1.29, 1.82) is 5.26 Å². The molecule has 0 radical (unpaired) electrons. The van der Waals surface area contributed by atoms with Crippen LogP contribution >= 0.6 is 0 Å². The maximum Gasteiger partial charge on any atom is 0.237 e. The van der Waals surface area contributed by atoms with E-state index in [1.807, 2.05) is 13.8 Å². The maximum absolute atomic E-state index is 12.0. The highest BCUT2D eigenvalue weighted by atomic mass is 16.2. The number of hydrogen-bond donors (Lipinski definition) is 1. The van der Waals surface area contributed by atoms with Crippen LogP contribution in [0.25, 0.3) is 0 Å². The van der Waals surface area contributed by atoms with Crippen molar-refractivity contribution < 1.29 is 4.79 Å². The van der Waals surface area contributed by atoms with Crippen LogP contribution in [0.5, 0.6) is 0 Å². The van der Waals surface area contributed by atoms with Crippen molar-refractivity contribution in [3.05, 3.63) is 0 Å². The number of nitrogens with zero attached hydrogens (tertiary/aromatic N) is 1. The highest BCUT2D eigenvalue weighted by molar-refractivity contribution is 5.81. The van der Waals surface area contributed by atoms with E-state index in [0.29, 0.717) is 17.9 Å². The lowest BCUT2D eigenvalue weighted by Crippen LogP contribution is -2.42. The van der Waals surface area contributed by atoms with Gasteiger partial charge in [0, 0.05) is 6.04 Å². The van der Waals surface area contributed by atoms with Crippen molar-refractivity contribution in [3.8, 4) is 6.07 Å². The van der Waals surface area contributed by atoms with Gasteiger partial charge in [-0.1, -0.05) is 13.8 Å². The third-order valence-corrected chi connectivity index (χ3v) is 3.66. The molecule has 2 saturated carbocycles. The van der Waals surface area contributed by atoms with Gasteiger partial charge in [-0.3, -0.25) is 4.79 Å². The van der Waals surface area contributed by atoms with Crippen molar-refractivity contribution in [1.82, 2.24) is 5.32 Å². The van der Waals surface area contributed by atoms with E-state index in [-0.39, 0.29) is 11.8 Å². The summed E-state index contributed by atoms with van der Waals surface area (Å²) in [7, 11) is 0. The first kappa shape index (κ1) is 11.4. The Hall–Kier alpha value is -1.04. The number of amides is 1. The van der Waals surface area contributed by atoms with Crippen LogP contribution in [0.2, 0.25) is 0 Å². The average molecular weight is 220 g/mol. The predicted octanol–water partition coefficient (Wildman–Crippen LogP) is 2.09. The Balaban J connectivity index is 1.91. The Morgan fingerprint density at radius 3 is 2.06 bits per heavy atom. The van der Waals surface area contributed by atoms with E-state index in [2.05, 4.69) is 11.4 Å². The minimum absolute atomic E-state index is 0.0544. The zero-order chi connectivity index (χ0) is 11.7. The largest absolute Gasteiger partial charge is 0.352 e. The van der Waals surface area contributed by atoms with Gasteiger partial charge in [-0.15, -0.1) is 0 Å². The molecule has 1 N–H and O–H groups in total. The molecule has 0 heterocycles. The van der Waals surface area contributed by atoms with Gasteiger partial charge in [0.05, 0.1) is 6.07 Å². The third kappa shape index (κ3) is 2.55. The molecule has 2 rings (SSSR count). The number of carbonyl (C=O) groups is 1. The molecule has 3 nitrogen and oxygen atoms in total. The standard InChI is InChI=1S/C13H20N2O/c1-8(2)11(7-14)13(16)15-12(9-3-4-9)10-5-6-10/h8-12H,3-6H2,1-2H3,(H,15,16). The van der Waals surface area contributed by atoms with Crippen molar-refractivity contribution >= 4 is 5.91 Å². The van der Waals surface area contributed by atoms with Crippen molar-refractivity contribution in [3.63, 3.8) is 0 Å². The Morgan fingerprint density at radius 2 is 1.75 bits per heavy atom. The third-order valence-electron chi connectivity index (χ3n) is 3.66. The van der Waals surface area contributed by atoms with Gasteiger partial charge < -0.3 is 5.32 Å². The summed E-state index contributed by atoms with van der Waals surface area (Å²) < 4.78 is 0. The lowest BCUT2D eigenvalue weighted by Gasteiger charge is -2.20. The fourth-order valence-electron chi connectivity index (χ4n) is 2.30. The van der Waals surface area contributed by atoms with Gasteiger partial charge in [-0.2, -0.15) is 5.26 Å². The van der Waals surface area contributed by atoms with Crippen molar-refractivity contribution in [2.75, 3.05) is 0 Å². The smallest absolute Gasteiger partial charge is 0.237 e. The monoisotopic (exact) mass is 220 g/mol. The van der Waals surface area contributed by atoms with E-state index in [9.17, 15) is 4.79 Å². The predicted molar refractivity (Wildman–Crippen MR) is 61.3 cm³/mol. The summed E-state index contributed by atoms with van der Waals surface area (Å²) in [4.78, 5) is 12.0. The SMILES string of the molecule is CC(C)C(C#N)C(=O)NC(C1CC1)C1CC1. The van der Waals surface area contributed by atoms with E-state index in [1.54, 1.807) is 0 Å². The second kappa shape index (κ2) is 4.45. The molecule has 2 aliphatic rings. The molecule has 2 fully saturated rings. The van der Waals surface area contributed by atoms with Crippen LogP contribution in [-0.2, 0) is 4.79 Å². The zero-order valence-electron chi connectivity index (χ0n) is 10.1. The first-order valence-corrected chi connectivity index (χ1v) is 6.33. The molecule has 0 aliphatic heterocycles. The highest BCUT2D eigenvalue weighted by Gasteiger charge is 2.43. The summed E-state index contributed by atoms with van der Waals surface area (Å²) in [5.74, 6) is 0.955. The quantitative estimate of drug-likeness (QED) is 0.771. The molecular formula is C13H20N2O. The van der Waals surface area contributed by atoms with Gasteiger partial charge in [0.15, 0.2) is 0 Å². The van der Waals surface area contributed by atoms with Crippen molar-refractivity contribution in [2.24, 2.45) is 23.7 Å². The summed E-state index contributed by atoms with van der Waals surface area (Å²) in [5, 5.41) is 12.1. The van der Waals surface area contributed by atoms with Crippen LogP contribution in [-0.4, -0.2) is 11.9 Å². The Labute approximate surface area is 97.2 Å². The van der Waals surface area contributed by atoms with Gasteiger partial charge in [-0.05, 0) is 43.4 Å². The number of hydrogen-bond acceptors (Lipinski definition) is 2. The molecule has 0 aromatic heterocycles. The highest BCUT2D eigenvalue weighted by Crippen LogP contribution is 2.44. The molecule has 3 heteroatoms.